The van der Waals surface area contributed by atoms with Gasteiger partial charge in [-0.15, -0.1) is 11.3 Å². The molecule has 1 aromatic heterocycles. The molecule has 0 N–H and O–H groups in total. The maximum absolute atomic E-state index is 4.68. The number of hydrogen-bond donors (Lipinski definition) is 0. The van der Waals surface area contributed by atoms with Crippen molar-refractivity contribution in [2.24, 2.45) is 0 Å². The molecule has 0 amide bonds. The van der Waals surface area contributed by atoms with Gasteiger partial charge >= 0.3 is 0 Å². The van der Waals surface area contributed by atoms with Crippen molar-refractivity contribution in [1.82, 2.24) is 0 Å². The Bertz CT molecular complexity index is 2140. The van der Waals surface area contributed by atoms with Gasteiger partial charge in [-0.05, 0) is 119 Å². The number of hydrogen-bond acceptors (Lipinski definition) is 1. The van der Waals surface area contributed by atoms with Crippen LogP contribution in [0.2, 0.25) is 0 Å². The van der Waals surface area contributed by atoms with Gasteiger partial charge in [0.25, 0.3) is 0 Å². The van der Waals surface area contributed by atoms with E-state index in [2.05, 4.69) is 153 Å². The second kappa shape index (κ2) is 13.1. The molecule has 8 rings (SSSR count). The Morgan fingerprint density at radius 2 is 1.51 bits per heavy atom. The molecule has 230 valence electrons. The average Bonchev–Trinajstić information content (AvgIpc) is 3.52. The van der Waals surface area contributed by atoms with Crippen LogP contribution in [-0.4, -0.2) is 5.66 Å². The first-order chi connectivity index (χ1) is 23.1. The van der Waals surface area contributed by atoms with Gasteiger partial charge in [-0.2, -0.15) is 0 Å². The third-order valence-electron chi connectivity index (χ3n) is 9.80. The molecule has 0 nitrogen and oxygen atoms in total. The molecule has 2 atom stereocenters. The number of rotatable bonds is 7. The molecule has 0 bridgehead atoms. The van der Waals surface area contributed by atoms with Gasteiger partial charge in [0, 0.05) is 21.0 Å². The molecule has 47 heavy (non-hydrogen) atoms. The summed E-state index contributed by atoms with van der Waals surface area (Å²) in [6, 6.07) is 43.1. The molecule has 2 heteroatoms. The highest BCUT2D eigenvalue weighted by atomic mass is 32.1. The number of fused-ring (bicyclic) bond motifs is 2. The topological polar surface area (TPSA) is 0 Å². The van der Waals surface area contributed by atoms with Crippen LogP contribution in [0.15, 0.2) is 140 Å². The molecule has 0 spiro atoms. The summed E-state index contributed by atoms with van der Waals surface area (Å²) in [5.74, 6) is 0. The Balaban J connectivity index is 1.10. The van der Waals surface area contributed by atoms with E-state index in [0.717, 1.165) is 18.4 Å². The van der Waals surface area contributed by atoms with E-state index in [9.17, 15) is 0 Å². The second-order valence-corrected chi connectivity index (χ2v) is 16.4. The zero-order chi connectivity index (χ0) is 31.7. The van der Waals surface area contributed by atoms with Gasteiger partial charge in [0.15, 0.2) is 0 Å². The van der Waals surface area contributed by atoms with Gasteiger partial charge in [-0.25, -0.2) is 0 Å². The van der Waals surface area contributed by atoms with Crippen LogP contribution in [0.3, 0.4) is 0 Å². The highest BCUT2D eigenvalue weighted by molar-refractivity contribution is 7.73. The monoisotopic (exact) mass is 642 g/mol. The minimum atomic E-state index is -0.441. The van der Waals surface area contributed by atoms with E-state index < -0.39 is 7.92 Å². The summed E-state index contributed by atoms with van der Waals surface area (Å²) in [5, 5.41) is 5.56. The molecule has 0 aliphatic heterocycles. The third kappa shape index (κ3) is 5.89. The van der Waals surface area contributed by atoms with Crippen molar-refractivity contribution in [2.75, 3.05) is 0 Å². The third-order valence-corrected chi connectivity index (χ3v) is 13.9. The zero-order valence-corrected chi connectivity index (χ0v) is 28.7. The molecule has 2 aliphatic rings. The fourth-order valence-electron chi connectivity index (χ4n) is 7.29. The van der Waals surface area contributed by atoms with Crippen LogP contribution in [0.1, 0.15) is 52.8 Å². The Labute approximate surface area is 284 Å². The summed E-state index contributed by atoms with van der Waals surface area (Å²) in [6.45, 7) is 6.90. The van der Waals surface area contributed by atoms with Crippen LogP contribution in [0.4, 0.5) is 0 Å². The van der Waals surface area contributed by atoms with Crippen molar-refractivity contribution < 1.29 is 0 Å². The highest BCUT2D eigenvalue weighted by Crippen LogP contribution is 2.46. The lowest BCUT2D eigenvalue weighted by Crippen LogP contribution is -2.21. The number of aryl methyl sites for hydroxylation is 2. The van der Waals surface area contributed by atoms with Crippen molar-refractivity contribution >= 4 is 52.3 Å². The maximum atomic E-state index is 4.68. The predicted octanol–water partition coefficient (Wildman–Crippen LogP) is 12.1. The summed E-state index contributed by atoms with van der Waals surface area (Å²) in [5.41, 5.74) is 10.7. The van der Waals surface area contributed by atoms with Gasteiger partial charge in [-0.3, -0.25) is 0 Å². The molecular formula is C45H39PS. The molecule has 0 fully saturated rings. The van der Waals surface area contributed by atoms with E-state index in [1.807, 2.05) is 11.3 Å². The van der Waals surface area contributed by atoms with Gasteiger partial charge in [0.1, 0.15) is 0 Å². The summed E-state index contributed by atoms with van der Waals surface area (Å²) < 4.78 is 0. The first kappa shape index (κ1) is 30.1. The van der Waals surface area contributed by atoms with Crippen LogP contribution in [0, 0.1) is 6.92 Å². The Morgan fingerprint density at radius 3 is 2.32 bits per heavy atom. The fourth-order valence-corrected chi connectivity index (χ4v) is 11.5. The van der Waals surface area contributed by atoms with Crippen LogP contribution in [0.5, 0.6) is 0 Å². The van der Waals surface area contributed by atoms with Gasteiger partial charge in [0.2, 0.25) is 0 Å². The lowest BCUT2D eigenvalue weighted by Gasteiger charge is -2.28. The standard InChI is InChI=1S/C45H39PS/c1-31-13-9-10-18-41(31)45-44(42-19-11-12-20-43(42)47-45)32(2)33-21-23-34(24-22-33)35-25-26-37-30-40(28-27-36(37)29-35)46(38-14-5-3-6-15-38)39-16-7-4-8-17-39/h3,5-7,9-11,13-16,18-19,21-30,39H,2,4,8,12,17,20H2,1H3. The van der Waals surface area contributed by atoms with Gasteiger partial charge < -0.3 is 0 Å². The molecular weight excluding hydrogens is 604 g/mol. The lowest BCUT2D eigenvalue weighted by atomic mass is 9.89. The van der Waals surface area contributed by atoms with E-state index in [1.54, 1.807) is 0 Å². The minimum absolute atomic E-state index is 0.441. The lowest BCUT2D eigenvalue weighted by molar-refractivity contribution is 0.738. The van der Waals surface area contributed by atoms with E-state index in [-0.39, 0.29) is 0 Å². The summed E-state index contributed by atoms with van der Waals surface area (Å²) in [7, 11) is -0.441. The fraction of sp³-hybridized carbons (Fsp3) is 0.156. The number of allylic oxidation sites excluding steroid dienone is 3. The zero-order valence-electron chi connectivity index (χ0n) is 27.0. The first-order valence-electron chi connectivity index (χ1n) is 16.9. The summed E-state index contributed by atoms with van der Waals surface area (Å²) in [4.78, 5) is 2.82. The van der Waals surface area contributed by atoms with Gasteiger partial charge in [-0.1, -0.05) is 134 Å². The minimum Gasteiger partial charge on any atom is -0.139 e. The van der Waals surface area contributed by atoms with Crippen molar-refractivity contribution in [3.63, 3.8) is 0 Å². The Hall–Kier alpha value is -4.29. The SMILES string of the molecule is C=C(c1ccc(-c2ccc3cc(P(c4ccccc4)C4C=CCCC4)ccc3c2)cc1)c1c(-c2ccccc2C)sc2c1C=CCC2. The van der Waals surface area contributed by atoms with Crippen LogP contribution < -0.4 is 10.6 Å². The summed E-state index contributed by atoms with van der Waals surface area (Å²) in [6.07, 6.45) is 15.5. The molecule has 0 saturated carbocycles. The number of benzene rings is 5. The number of thiophene rings is 1. The van der Waals surface area contributed by atoms with E-state index in [0.29, 0.717) is 5.66 Å². The van der Waals surface area contributed by atoms with Crippen LogP contribution >= 0.6 is 19.3 Å². The smallest absolute Gasteiger partial charge is 0.0432 e. The Kier molecular flexibility index (Phi) is 8.37. The van der Waals surface area contributed by atoms with E-state index in [4.69, 9.17) is 0 Å². The molecule has 1 heterocycles. The quantitative estimate of drug-likeness (QED) is 0.120. The molecule has 2 unspecified atom stereocenters. The summed E-state index contributed by atoms with van der Waals surface area (Å²) >= 11 is 1.95. The van der Waals surface area contributed by atoms with Crippen molar-refractivity contribution in [2.45, 2.75) is 44.7 Å². The van der Waals surface area contributed by atoms with E-state index in [1.165, 1.54) is 89.3 Å². The van der Waals surface area contributed by atoms with Crippen LogP contribution in [-0.2, 0) is 6.42 Å². The molecule has 0 saturated heterocycles. The predicted molar refractivity (Wildman–Crippen MR) is 209 cm³/mol. The van der Waals surface area contributed by atoms with Crippen molar-refractivity contribution in [3.8, 4) is 21.6 Å². The molecule has 2 aliphatic carbocycles. The molecule has 0 radical (unpaired) electrons. The Morgan fingerprint density at radius 1 is 0.745 bits per heavy atom. The normalized spacial score (nSPS) is 16.2. The van der Waals surface area contributed by atoms with Gasteiger partial charge in [0.05, 0.1) is 0 Å². The first-order valence-corrected chi connectivity index (χ1v) is 19.1. The maximum Gasteiger partial charge on any atom is 0.0432 e. The molecule has 6 aromatic rings. The van der Waals surface area contributed by atoms with E-state index >= 15 is 0 Å². The highest BCUT2D eigenvalue weighted by Gasteiger charge is 2.25. The van der Waals surface area contributed by atoms with Crippen molar-refractivity contribution in [1.29, 1.82) is 0 Å². The van der Waals surface area contributed by atoms with Crippen molar-refractivity contribution in [3.05, 3.63) is 167 Å². The second-order valence-electron chi connectivity index (χ2n) is 12.8. The largest absolute Gasteiger partial charge is 0.139 e. The molecule has 5 aromatic carbocycles. The average molecular weight is 643 g/mol. The van der Waals surface area contributed by atoms with Crippen LogP contribution in [0.25, 0.3) is 44.0 Å².